The third-order valence-corrected chi connectivity index (χ3v) is 10.2. The Bertz CT molecular complexity index is 1180. The maximum absolute atomic E-state index is 13.6. The third kappa shape index (κ3) is 4.84. The summed E-state index contributed by atoms with van der Waals surface area (Å²) in [4.78, 5) is 15.5. The van der Waals surface area contributed by atoms with Crippen molar-refractivity contribution in [2.24, 2.45) is 0 Å². The first kappa shape index (κ1) is 25.0. The highest BCUT2D eigenvalue weighted by molar-refractivity contribution is 7.89. The minimum absolute atomic E-state index is 0.0104. The number of amides is 1. The number of nitrogens with zero attached hydrogens (tertiary/aromatic N) is 2. The average molecular weight is 538 g/mol. The van der Waals surface area contributed by atoms with E-state index in [1.165, 1.54) is 10.4 Å². The molecule has 3 fully saturated rings. The molecular formula is C25H29Cl2N3O4S. The largest absolute Gasteiger partial charge is 0.376 e. The van der Waals surface area contributed by atoms with Crippen LogP contribution in [0.5, 0.6) is 0 Å². The van der Waals surface area contributed by atoms with Gasteiger partial charge >= 0.3 is 0 Å². The Morgan fingerprint density at radius 3 is 2.49 bits per heavy atom. The summed E-state index contributed by atoms with van der Waals surface area (Å²) < 4.78 is 34.0. The van der Waals surface area contributed by atoms with Crippen LogP contribution in [0.25, 0.3) is 0 Å². The zero-order chi connectivity index (χ0) is 24.6. The molecule has 10 heteroatoms. The SMILES string of the molecule is O=C1[C@@H](Cc2ccccc2)NC2(CCN(S(=O)(=O)c3cccc(Cl)c3Cl)CC2)N1C[C@@H]1CCCO1. The van der Waals surface area contributed by atoms with Gasteiger partial charge in [-0.15, -0.1) is 0 Å². The van der Waals surface area contributed by atoms with Crippen LogP contribution < -0.4 is 5.32 Å². The molecule has 0 aromatic heterocycles. The minimum atomic E-state index is -3.82. The van der Waals surface area contributed by atoms with Gasteiger partial charge in [0.25, 0.3) is 0 Å². The zero-order valence-corrected chi connectivity index (χ0v) is 21.7. The summed E-state index contributed by atoms with van der Waals surface area (Å²) in [6.07, 6.45) is 3.48. The number of hydrogen-bond acceptors (Lipinski definition) is 5. The molecule has 3 aliphatic heterocycles. The Morgan fingerprint density at radius 1 is 1.06 bits per heavy atom. The second kappa shape index (κ2) is 10.00. The predicted molar refractivity (Wildman–Crippen MR) is 135 cm³/mol. The highest BCUT2D eigenvalue weighted by Gasteiger charge is 2.53. The third-order valence-electron chi connectivity index (χ3n) is 7.30. The molecule has 1 spiro atoms. The highest BCUT2D eigenvalue weighted by atomic mass is 35.5. The van der Waals surface area contributed by atoms with Crippen molar-refractivity contribution in [1.82, 2.24) is 14.5 Å². The molecule has 188 valence electrons. The van der Waals surface area contributed by atoms with Crippen molar-refractivity contribution in [2.45, 2.75) is 54.8 Å². The van der Waals surface area contributed by atoms with Gasteiger partial charge in [-0.25, -0.2) is 8.42 Å². The smallest absolute Gasteiger partial charge is 0.244 e. The van der Waals surface area contributed by atoms with Gasteiger partial charge in [0.1, 0.15) is 4.90 Å². The second-order valence-corrected chi connectivity index (χ2v) is 12.1. The number of hydrogen-bond donors (Lipinski definition) is 1. The molecule has 1 N–H and O–H groups in total. The Balaban J connectivity index is 1.37. The summed E-state index contributed by atoms with van der Waals surface area (Å²) in [6, 6.07) is 14.2. The summed E-state index contributed by atoms with van der Waals surface area (Å²) >= 11 is 12.3. The molecule has 7 nitrogen and oxygen atoms in total. The minimum Gasteiger partial charge on any atom is -0.376 e. The number of nitrogens with one attached hydrogen (secondary N) is 1. The molecule has 2 aromatic rings. The van der Waals surface area contributed by atoms with Gasteiger partial charge < -0.3 is 9.64 Å². The molecule has 0 aliphatic carbocycles. The fraction of sp³-hybridized carbons (Fsp3) is 0.480. The van der Waals surface area contributed by atoms with Crippen molar-refractivity contribution in [3.63, 3.8) is 0 Å². The maximum atomic E-state index is 13.6. The van der Waals surface area contributed by atoms with Gasteiger partial charge in [0, 0.05) is 26.2 Å². The Labute approximate surface area is 216 Å². The summed E-state index contributed by atoms with van der Waals surface area (Å²) in [5, 5.41) is 3.85. The van der Waals surface area contributed by atoms with Crippen LogP contribution >= 0.6 is 23.2 Å². The van der Waals surface area contributed by atoms with E-state index in [9.17, 15) is 13.2 Å². The standard InChI is InChI=1S/C25H29Cl2N3O4S/c26-20-9-4-10-22(23(20)27)35(32,33)29-13-11-25(12-14-29)28-21(16-18-6-2-1-3-7-18)24(31)30(25)17-19-8-5-15-34-19/h1-4,6-7,9-10,19,21,28H,5,8,11-17H2/t19-,21+/m0/s1. The lowest BCUT2D eigenvalue weighted by atomic mass is 9.96. The number of benzene rings is 2. The number of piperidine rings is 1. The van der Waals surface area contributed by atoms with Gasteiger partial charge in [-0.05, 0) is 49.8 Å². The van der Waals surface area contributed by atoms with Gasteiger partial charge in [-0.1, -0.05) is 59.6 Å². The lowest BCUT2D eigenvalue weighted by molar-refractivity contribution is -0.135. The van der Waals surface area contributed by atoms with Gasteiger partial charge in [0.2, 0.25) is 15.9 Å². The Hall–Kier alpha value is -1.68. The van der Waals surface area contributed by atoms with E-state index >= 15 is 0 Å². The molecule has 3 heterocycles. The van der Waals surface area contributed by atoms with Crippen molar-refractivity contribution >= 4 is 39.1 Å². The molecule has 0 radical (unpaired) electrons. The molecule has 2 atom stereocenters. The van der Waals surface area contributed by atoms with Crippen molar-refractivity contribution in [3.8, 4) is 0 Å². The van der Waals surface area contributed by atoms with E-state index in [-0.39, 0.29) is 46.1 Å². The van der Waals surface area contributed by atoms with Gasteiger partial charge in [-0.2, -0.15) is 4.31 Å². The lowest BCUT2D eigenvalue weighted by Gasteiger charge is -2.44. The Kier molecular flexibility index (Phi) is 7.14. The molecule has 2 aromatic carbocycles. The first-order chi connectivity index (χ1) is 16.8. The van der Waals surface area contributed by atoms with Crippen LogP contribution in [0.1, 0.15) is 31.2 Å². The number of ether oxygens (including phenoxy) is 1. The zero-order valence-electron chi connectivity index (χ0n) is 19.3. The molecule has 5 rings (SSSR count). The van der Waals surface area contributed by atoms with E-state index in [0.717, 1.165) is 18.4 Å². The van der Waals surface area contributed by atoms with Crippen molar-refractivity contribution in [1.29, 1.82) is 0 Å². The second-order valence-electron chi connectivity index (χ2n) is 9.46. The van der Waals surface area contributed by atoms with Crippen LogP contribution in [0.2, 0.25) is 10.0 Å². The summed E-state index contributed by atoms with van der Waals surface area (Å²) in [6.45, 7) is 1.77. The number of carbonyl (C=O) groups excluding carboxylic acids is 1. The molecular weight excluding hydrogens is 509 g/mol. The topological polar surface area (TPSA) is 79.0 Å². The van der Waals surface area contributed by atoms with E-state index in [1.807, 2.05) is 35.2 Å². The average Bonchev–Trinajstić information content (AvgIpc) is 3.45. The molecule has 3 saturated heterocycles. The number of carbonyl (C=O) groups is 1. The van der Waals surface area contributed by atoms with Crippen LogP contribution in [-0.2, 0) is 26.0 Å². The van der Waals surface area contributed by atoms with E-state index in [2.05, 4.69) is 5.32 Å². The van der Waals surface area contributed by atoms with Crippen LogP contribution in [0, 0.1) is 0 Å². The van der Waals surface area contributed by atoms with Crippen molar-refractivity contribution in [3.05, 3.63) is 64.1 Å². The fourth-order valence-corrected chi connectivity index (χ4v) is 7.62. The maximum Gasteiger partial charge on any atom is 0.244 e. The normalized spacial score (nSPS) is 25.0. The monoisotopic (exact) mass is 537 g/mol. The van der Waals surface area contributed by atoms with Crippen LogP contribution in [0.15, 0.2) is 53.4 Å². The first-order valence-electron chi connectivity index (χ1n) is 12.0. The van der Waals surface area contributed by atoms with Gasteiger partial charge in [0.05, 0.1) is 27.9 Å². The highest BCUT2D eigenvalue weighted by Crippen LogP contribution is 2.37. The Morgan fingerprint density at radius 2 is 1.80 bits per heavy atom. The molecule has 3 aliphatic rings. The van der Waals surface area contributed by atoms with E-state index in [0.29, 0.717) is 32.4 Å². The summed E-state index contributed by atoms with van der Waals surface area (Å²) in [7, 11) is -3.82. The molecule has 1 amide bonds. The van der Waals surface area contributed by atoms with Gasteiger partial charge in [-0.3, -0.25) is 10.1 Å². The quantitative estimate of drug-likeness (QED) is 0.607. The lowest BCUT2D eigenvalue weighted by Crippen LogP contribution is -2.60. The van der Waals surface area contributed by atoms with Crippen molar-refractivity contribution in [2.75, 3.05) is 26.2 Å². The molecule has 0 unspecified atom stereocenters. The van der Waals surface area contributed by atoms with Gasteiger partial charge in [0.15, 0.2) is 0 Å². The fourth-order valence-electron chi connectivity index (χ4n) is 5.44. The van der Waals surface area contributed by atoms with E-state index < -0.39 is 15.7 Å². The number of rotatable bonds is 6. The van der Waals surface area contributed by atoms with E-state index in [1.54, 1.807) is 12.1 Å². The van der Waals surface area contributed by atoms with Crippen molar-refractivity contribution < 1.29 is 17.9 Å². The number of halogens is 2. The first-order valence-corrected chi connectivity index (χ1v) is 14.2. The van der Waals surface area contributed by atoms with Crippen LogP contribution in [-0.4, -0.2) is 67.6 Å². The summed E-state index contributed by atoms with van der Waals surface area (Å²) in [5.74, 6) is 0.0542. The molecule has 0 saturated carbocycles. The molecule has 35 heavy (non-hydrogen) atoms. The summed E-state index contributed by atoms with van der Waals surface area (Å²) in [5.41, 5.74) is 0.482. The van der Waals surface area contributed by atoms with E-state index in [4.69, 9.17) is 27.9 Å². The van der Waals surface area contributed by atoms with Crippen LogP contribution in [0.4, 0.5) is 0 Å². The predicted octanol–water partition coefficient (Wildman–Crippen LogP) is 3.70. The number of sulfonamides is 1. The van der Waals surface area contributed by atoms with Crippen LogP contribution in [0.3, 0.4) is 0 Å². The molecule has 0 bridgehead atoms.